The first kappa shape index (κ1) is 32.2. The highest BCUT2D eigenvalue weighted by molar-refractivity contribution is 7.93. The molecule has 1 aliphatic heterocycles. The number of carboxylic acid groups (broad SMARTS) is 1. The molecule has 1 aromatic carbocycles. The Bertz CT molecular complexity index is 1200. The molecule has 0 saturated carbocycles. The van der Waals surface area contributed by atoms with Gasteiger partial charge in [-0.3, -0.25) is 19.2 Å². The number of amides is 4. The summed E-state index contributed by atoms with van der Waals surface area (Å²) >= 11 is 0. The standard InChI is InChI=1S/C24H32N4O11S/c1-40(37,38)10-8-16(11-20(30)31)26-23(35)18-7-9-28(18)19(29)13-25-22(34)17(12-21(32)33)27-24(36)39-14-15-5-3-2-4-6-15/h2-6,8,10,16-18,21,32-33H,7,9,11-14H2,1H3,(H,25,34)(H,26,35)(H,27,36)(H,30,31). The van der Waals surface area contributed by atoms with Gasteiger partial charge in [-0.2, -0.15) is 0 Å². The van der Waals surface area contributed by atoms with Crippen LogP contribution in [0.25, 0.3) is 0 Å². The molecule has 0 aliphatic carbocycles. The van der Waals surface area contributed by atoms with Crippen LogP contribution in [0.4, 0.5) is 4.79 Å². The Hall–Kier alpha value is -4.02. The second-order valence-corrected chi connectivity index (χ2v) is 10.9. The van der Waals surface area contributed by atoms with E-state index in [1.165, 1.54) is 0 Å². The van der Waals surface area contributed by atoms with Gasteiger partial charge in [-0.15, -0.1) is 0 Å². The predicted octanol–water partition coefficient (Wildman–Crippen LogP) is -1.78. The monoisotopic (exact) mass is 584 g/mol. The van der Waals surface area contributed by atoms with Gasteiger partial charge in [-0.25, -0.2) is 13.2 Å². The van der Waals surface area contributed by atoms with Crippen molar-refractivity contribution in [1.82, 2.24) is 20.9 Å². The molecule has 4 amide bonds. The maximum absolute atomic E-state index is 12.6. The van der Waals surface area contributed by atoms with Crippen LogP contribution in [0.5, 0.6) is 0 Å². The Labute approximate surface area is 230 Å². The molecular weight excluding hydrogens is 552 g/mol. The molecule has 1 aromatic rings. The minimum atomic E-state index is -3.58. The summed E-state index contributed by atoms with van der Waals surface area (Å²) in [4.78, 5) is 62.1. The maximum Gasteiger partial charge on any atom is 0.408 e. The van der Waals surface area contributed by atoms with E-state index in [1.807, 2.05) is 0 Å². The summed E-state index contributed by atoms with van der Waals surface area (Å²) in [7, 11) is -3.58. The number of sulfone groups is 1. The van der Waals surface area contributed by atoms with E-state index in [9.17, 15) is 42.6 Å². The number of hydrogen-bond acceptors (Lipinski definition) is 10. The Balaban J connectivity index is 1.91. The van der Waals surface area contributed by atoms with Crippen LogP contribution in [0, 0.1) is 0 Å². The van der Waals surface area contributed by atoms with E-state index in [0.29, 0.717) is 5.56 Å². The number of benzene rings is 1. The van der Waals surface area contributed by atoms with Crippen molar-refractivity contribution in [3.8, 4) is 0 Å². The van der Waals surface area contributed by atoms with Crippen LogP contribution in [0.3, 0.4) is 0 Å². The van der Waals surface area contributed by atoms with Crippen molar-refractivity contribution in [1.29, 1.82) is 0 Å². The lowest BCUT2D eigenvalue weighted by Crippen LogP contribution is -2.61. The topological polar surface area (TPSA) is 229 Å². The maximum atomic E-state index is 12.6. The number of carboxylic acids is 1. The molecule has 1 heterocycles. The number of hydrogen-bond donors (Lipinski definition) is 6. The van der Waals surface area contributed by atoms with E-state index >= 15 is 0 Å². The van der Waals surface area contributed by atoms with Crippen LogP contribution in [0.15, 0.2) is 41.8 Å². The molecule has 3 atom stereocenters. The summed E-state index contributed by atoms with van der Waals surface area (Å²) in [5.74, 6) is -3.57. The molecule has 220 valence electrons. The third-order valence-corrected chi connectivity index (χ3v) is 6.26. The fourth-order valence-corrected chi connectivity index (χ4v) is 4.04. The average Bonchev–Trinajstić information content (AvgIpc) is 2.83. The quantitative estimate of drug-likeness (QED) is 0.134. The van der Waals surface area contributed by atoms with Gasteiger partial charge in [0.05, 0.1) is 19.0 Å². The minimum Gasteiger partial charge on any atom is -0.481 e. The Kier molecular flexibility index (Phi) is 12.0. The number of nitrogens with zero attached hydrogens (tertiary/aromatic N) is 1. The molecule has 3 unspecified atom stereocenters. The van der Waals surface area contributed by atoms with Gasteiger partial charge in [-0.1, -0.05) is 36.4 Å². The lowest BCUT2D eigenvalue weighted by atomic mass is 10.0. The predicted molar refractivity (Wildman–Crippen MR) is 138 cm³/mol. The molecule has 0 aromatic heterocycles. The first-order chi connectivity index (χ1) is 18.7. The number of rotatable bonds is 14. The number of carbonyl (C=O) groups excluding carboxylic acids is 4. The molecule has 0 bridgehead atoms. The summed E-state index contributed by atoms with van der Waals surface area (Å²) in [6.07, 6.45) is -1.97. The molecule has 16 heteroatoms. The highest BCUT2D eigenvalue weighted by atomic mass is 32.2. The normalized spacial score (nSPS) is 16.5. The molecule has 40 heavy (non-hydrogen) atoms. The van der Waals surface area contributed by atoms with E-state index in [4.69, 9.17) is 9.84 Å². The molecule has 1 saturated heterocycles. The smallest absolute Gasteiger partial charge is 0.408 e. The Morgan fingerprint density at radius 2 is 1.80 bits per heavy atom. The van der Waals surface area contributed by atoms with E-state index in [2.05, 4.69) is 16.0 Å². The second-order valence-electron chi connectivity index (χ2n) is 8.96. The van der Waals surface area contributed by atoms with Crippen molar-refractivity contribution in [3.63, 3.8) is 0 Å². The lowest BCUT2D eigenvalue weighted by Gasteiger charge is -2.40. The zero-order valence-electron chi connectivity index (χ0n) is 21.6. The molecule has 1 fully saturated rings. The van der Waals surface area contributed by atoms with Crippen molar-refractivity contribution < 1.29 is 52.4 Å². The number of nitrogens with one attached hydrogen (secondary N) is 3. The SMILES string of the molecule is CS(=O)(=O)C=CC(CC(=O)O)NC(=O)C1CCN1C(=O)CNC(=O)C(CC(O)O)NC(=O)OCc1ccccc1. The molecule has 0 radical (unpaired) electrons. The van der Waals surface area contributed by atoms with Gasteiger partial charge >= 0.3 is 12.1 Å². The number of aliphatic hydroxyl groups is 2. The van der Waals surface area contributed by atoms with Crippen LogP contribution < -0.4 is 16.0 Å². The van der Waals surface area contributed by atoms with Crippen LogP contribution in [-0.2, 0) is 40.4 Å². The summed E-state index contributed by atoms with van der Waals surface area (Å²) in [6, 6.07) is 5.10. The third-order valence-electron chi connectivity index (χ3n) is 5.60. The number of carbonyl (C=O) groups is 5. The fraction of sp³-hybridized carbons (Fsp3) is 0.458. The molecule has 1 aliphatic rings. The van der Waals surface area contributed by atoms with Gasteiger partial charge in [-0.05, 0) is 12.0 Å². The lowest BCUT2D eigenvalue weighted by molar-refractivity contribution is -0.147. The zero-order chi connectivity index (χ0) is 29.9. The summed E-state index contributed by atoms with van der Waals surface area (Å²) < 4.78 is 27.7. The fourth-order valence-electron chi connectivity index (χ4n) is 3.57. The third kappa shape index (κ3) is 11.4. The highest BCUT2D eigenvalue weighted by Crippen LogP contribution is 2.18. The van der Waals surface area contributed by atoms with Crippen molar-refractivity contribution in [2.75, 3.05) is 19.3 Å². The first-order valence-electron chi connectivity index (χ1n) is 12.1. The van der Waals surface area contributed by atoms with Crippen molar-refractivity contribution in [3.05, 3.63) is 47.4 Å². The zero-order valence-corrected chi connectivity index (χ0v) is 22.4. The average molecular weight is 585 g/mol. The van der Waals surface area contributed by atoms with Gasteiger partial charge in [0.1, 0.15) is 18.7 Å². The first-order valence-corrected chi connectivity index (χ1v) is 14.0. The highest BCUT2D eigenvalue weighted by Gasteiger charge is 2.38. The van der Waals surface area contributed by atoms with Gasteiger partial charge in [0.15, 0.2) is 16.1 Å². The van der Waals surface area contributed by atoms with E-state index in [1.54, 1.807) is 30.3 Å². The minimum absolute atomic E-state index is 0.100. The molecule has 15 nitrogen and oxygen atoms in total. The van der Waals surface area contributed by atoms with Gasteiger partial charge in [0.25, 0.3) is 0 Å². The summed E-state index contributed by atoms with van der Waals surface area (Å²) in [5, 5.41) is 35.3. The molecule has 6 N–H and O–H groups in total. The summed E-state index contributed by atoms with van der Waals surface area (Å²) in [6.45, 7) is -0.525. The Morgan fingerprint density at radius 3 is 2.35 bits per heavy atom. The van der Waals surface area contributed by atoms with E-state index in [0.717, 1.165) is 22.6 Å². The number of likely N-dealkylation sites (tertiary alicyclic amines) is 1. The van der Waals surface area contributed by atoms with Crippen molar-refractivity contribution in [2.24, 2.45) is 0 Å². The van der Waals surface area contributed by atoms with Crippen molar-refractivity contribution in [2.45, 2.75) is 50.3 Å². The number of aliphatic hydroxyl groups excluding tert-OH is 1. The number of ether oxygens (including phenoxy) is 1. The van der Waals surface area contributed by atoms with Gasteiger partial charge in [0.2, 0.25) is 17.7 Å². The molecular formula is C24H32N4O11S. The Morgan fingerprint density at radius 1 is 1.12 bits per heavy atom. The van der Waals surface area contributed by atoms with Gasteiger partial charge in [0, 0.05) is 24.6 Å². The van der Waals surface area contributed by atoms with E-state index < -0.39 is 83.4 Å². The second kappa shape index (κ2) is 14.9. The van der Waals surface area contributed by atoms with Gasteiger partial charge < -0.3 is 40.9 Å². The largest absolute Gasteiger partial charge is 0.481 e. The number of aliphatic carboxylic acids is 1. The van der Waals surface area contributed by atoms with Crippen LogP contribution in [-0.4, -0.2) is 102 Å². The number of alkyl carbamates (subject to hydrolysis) is 1. The van der Waals surface area contributed by atoms with Crippen LogP contribution in [0.1, 0.15) is 24.8 Å². The van der Waals surface area contributed by atoms with E-state index in [-0.39, 0.29) is 19.6 Å². The summed E-state index contributed by atoms with van der Waals surface area (Å²) in [5.41, 5.74) is 0.681. The molecule has 0 spiro atoms. The van der Waals surface area contributed by atoms with Crippen LogP contribution >= 0.6 is 0 Å². The van der Waals surface area contributed by atoms with Crippen molar-refractivity contribution >= 4 is 39.6 Å². The molecule has 2 rings (SSSR count). The van der Waals surface area contributed by atoms with Crippen LogP contribution in [0.2, 0.25) is 0 Å².